The van der Waals surface area contributed by atoms with Crippen molar-refractivity contribution in [3.05, 3.63) is 59.9 Å². The summed E-state index contributed by atoms with van der Waals surface area (Å²) in [5, 5.41) is 5.62. The van der Waals surface area contributed by atoms with Gasteiger partial charge in [0.2, 0.25) is 0 Å². The van der Waals surface area contributed by atoms with Crippen molar-refractivity contribution >= 4 is 17.6 Å². The number of carbonyl (C=O) groups is 2. The molecule has 0 aliphatic carbocycles. The quantitative estimate of drug-likeness (QED) is 0.880. The topological polar surface area (TPSA) is 74.3 Å². The fourth-order valence-electron chi connectivity index (χ4n) is 2.46. The third-order valence-electron chi connectivity index (χ3n) is 3.69. The molecule has 1 aliphatic heterocycles. The van der Waals surface area contributed by atoms with Crippen LogP contribution in [-0.2, 0) is 6.42 Å². The zero-order valence-electron chi connectivity index (χ0n) is 12.7. The van der Waals surface area contributed by atoms with Crippen molar-refractivity contribution in [1.82, 2.24) is 15.6 Å². The van der Waals surface area contributed by atoms with Crippen LogP contribution in [-0.4, -0.2) is 36.6 Å². The maximum absolute atomic E-state index is 12.1. The highest BCUT2D eigenvalue weighted by molar-refractivity contribution is 5.96. The normalized spacial score (nSPS) is 13.7. The van der Waals surface area contributed by atoms with Crippen molar-refractivity contribution in [1.29, 1.82) is 0 Å². The maximum Gasteiger partial charge on any atom is 0.321 e. The number of aromatic nitrogens is 1. The fourth-order valence-corrected chi connectivity index (χ4v) is 2.46. The highest BCUT2D eigenvalue weighted by Gasteiger charge is 2.21. The van der Waals surface area contributed by atoms with Gasteiger partial charge in [0.1, 0.15) is 0 Å². The molecule has 1 aromatic carbocycles. The molecule has 1 aliphatic rings. The van der Waals surface area contributed by atoms with E-state index in [4.69, 9.17) is 0 Å². The number of hydrogen-bond acceptors (Lipinski definition) is 3. The van der Waals surface area contributed by atoms with Gasteiger partial charge in [-0.2, -0.15) is 0 Å². The summed E-state index contributed by atoms with van der Waals surface area (Å²) < 4.78 is 0. The van der Waals surface area contributed by atoms with Gasteiger partial charge in [0.25, 0.3) is 5.91 Å². The zero-order valence-corrected chi connectivity index (χ0v) is 12.7. The first-order valence-corrected chi connectivity index (χ1v) is 7.57. The predicted octanol–water partition coefficient (Wildman–Crippen LogP) is 1.58. The molecule has 0 radical (unpaired) electrons. The van der Waals surface area contributed by atoms with E-state index in [0.29, 0.717) is 31.6 Å². The monoisotopic (exact) mass is 310 g/mol. The van der Waals surface area contributed by atoms with Gasteiger partial charge in [0.05, 0.1) is 0 Å². The summed E-state index contributed by atoms with van der Waals surface area (Å²) in [5.74, 6) is -0.127. The van der Waals surface area contributed by atoms with Crippen molar-refractivity contribution in [2.45, 2.75) is 6.42 Å². The van der Waals surface area contributed by atoms with E-state index in [2.05, 4.69) is 15.6 Å². The van der Waals surface area contributed by atoms with E-state index in [1.807, 2.05) is 18.2 Å². The third kappa shape index (κ3) is 3.66. The molecule has 0 saturated carbocycles. The average molecular weight is 310 g/mol. The van der Waals surface area contributed by atoms with Gasteiger partial charge in [0, 0.05) is 49.2 Å². The molecular formula is C17H18N4O2. The highest BCUT2D eigenvalue weighted by atomic mass is 16.2. The highest BCUT2D eigenvalue weighted by Crippen LogP contribution is 2.17. The van der Waals surface area contributed by atoms with Gasteiger partial charge in [-0.3, -0.25) is 14.7 Å². The first kappa shape index (κ1) is 15.0. The van der Waals surface area contributed by atoms with Crippen LogP contribution in [0.4, 0.5) is 10.5 Å². The lowest BCUT2D eigenvalue weighted by atomic mass is 10.2. The SMILES string of the molecule is O=C(NCCc1ccccn1)c1ccc(N2CCNC2=O)cc1. The Bertz CT molecular complexity index is 685. The first-order valence-electron chi connectivity index (χ1n) is 7.57. The molecule has 0 bridgehead atoms. The maximum atomic E-state index is 12.1. The number of amides is 3. The van der Waals surface area contributed by atoms with Crippen LogP contribution >= 0.6 is 0 Å². The van der Waals surface area contributed by atoms with Crippen LogP contribution in [0.25, 0.3) is 0 Å². The number of nitrogens with one attached hydrogen (secondary N) is 2. The van der Waals surface area contributed by atoms with Crippen molar-refractivity contribution in [3.63, 3.8) is 0 Å². The second kappa shape index (κ2) is 6.91. The minimum absolute atomic E-state index is 0.0995. The van der Waals surface area contributed by atoms with Crippen LogP contribution in [0.1, 0.15) is 16.1 Å². The van der Waals surface area contributed by atoms with Crippen molar-refractivity contribution in [3.8, 4) is 0 Å². The molecule has 2 N–H and O–H groups in total. The van der Waals surface area contributed by atoms with Gasteiger partial charge in [-0.05, 0) is 36.4 Å². The summed E-state index contributed by atoms with van der Waals surface area (Å²) in [7, 11) is 0. The number of rotatable bonds is 5. The van der Waals surface area contributed by atoms with Crippen LogP contribution in [0, 0.1) is 0 Å². The number of nitrogens with zero attached hydrogens (tertiary/aromatic N) is 2. The molecule has 3 rings (SSSR count). The second-order valence-corrected chi connectivity index (χ2v) is 5.26. The molecule has 0 unspecified atom stereocenters. The summed E-state index contributed by atoms with van der Waals surface area (Å²) in [4.78, 5) is 29.6. The van der Waals surface area contributed by atoms with E-state index in [1.165, 1.54) is 0 Å². The Morgan fingerprint density at radius 1 is 1.22 bits per heavy atom. The third-order valence-corrected chi connectivity index (χ3v) is 3.69. The van der Waals surface area contributed by atoms with E-state index in [9.17, 15) is 9.59 Å². The molecule has 2 heterocycles. The number of anilines is 1. The van der Waals surface area contributed by atoms with Crippen LogP contribution in [0.2, 0.25) is 0 Å². The summed E-state index contributed by atoms with van der Waals surface area (Å²) in [6.45, 7) is 1.83. The molecule has 6 heteroatoms. The number of pyridine rings is 1. The largest absolute Gasteiger partial charge is 0.352 e. The lowest BCUT2D eigenvalue weighted by Crippen LogP contribution is -2.28. The van der Waals surface area contributed by atoms with Gasteiger partial charge in [-0.15, -0.1) is 0 Å². The van der Waals surface area contributed by atoms with Crippen molar-refractivity contribution in [2.24, 2.45) is 0 Å². The summed E-state index contributed by atoms with van der Waals surface area (Å²) in [6, 6.07) is 12.7. The summed E-state index contributed by atoms with van der Waals surface area (Å²) >= 11 is 0. The minimum Gasteiger partial charge on any atom is -0.352 e. The second-order valence-electron chi connectivity index (χ2n) is 5.26. The molecule has 23 heavy (non-hydrogen) atoms. The van der Waals surface area contributed by atoms with Gasteiger partial charge in [0.15, 0.2) is 0 Å². The van der Waals surface area contributed by atoms with E-state index in [0.717, 1.165) is 11.4 Å². The van der Waals surface area contributed by atoms with E-state index >= 15 is 0 Å². The van der Waals surface area contributed by atoms with Crippen molar-refractivity contribution in [2.75, 3.05) is 24.5 Å². The molecule has 1 aromatic heterocycles. The first-order chi connectivity index (χ1) is 11.2. The Morgan fingerprint density at radius 2 is 2.04 bits per heavy atom. The molecular weight excluding hydrogens is 292 g/mol. The predicted molar refractivity (Wildman–Crippen MR) is 87.5 cm³/mol. The zero-order chi connectivity index (χ0) is 16.1. The number of carbonyl (C=O) groups excluding carboxylic acids is 2. The molecule has 0 atom stereocenters. The van der Waals surface area contributed by atoms with Gasteiger partial charge in [-0.1, -0.05) is 6.07 Å². The van der Waals surface area contributed by atoms with Crippen LogP contribution in [0.5, 0.6) is 0 Å². The van der Waals surface area contributed by atoms with Crippen molar-refractivity contribution < 1.29 is 9.59 Å². The molecule has 3 amide bonds. The smallest absolute Gasteiger partial charge is 0.321 e. The average Bonchev–Trinajstić information content (AvgIpc) is 3.02. The molecule has 2 aromatic rings. The Morgan fingerprint density at radius 3 is 2.70 bits per heavy atom. The lowest BCUT2D eigenvalue weighted by Gasteiger charge is -2.14. The number of urea groups is 1. The number of benzene rings is 1. The van der Waals surface area contributed by atoms with Gasteiger partial charge < -0.3 is 10.6 Å². The van der Waals surface area contributed by atoms with E-state index < -0.39 is 0 Å². The van der Waals surface area contributed by atoms with E-state index in [-0.39, 0.29) is 11.9 Å². The Kier molecular flexibility index (Phi) is 4.52. The minimum atomic E-state index is -0.127. The Labute approximate surface area is 134 Å². The standard InChI is InChI=1S/C17H18N4O2/c22-16(19-10-8-14-3-1-2-9-18-14)13-4-6-15(7-5-13)21-12-11-20-17(21)23/h1-7,9H,8,10-12H2,(H,19,22)(H,20,23). The van der Waals surface area contributed by atoms with Crippen LogP contribution in [0.3, 0.4) is 0 Å². The van der Waals surface area contributed by atoms with Gasteiger partial charge in [-0.25, -0.2) is 4.79 Å². The fraction of sp³-hybridized carbons (Fsp3) is 0.235. The van der Waals surface area contributed by atoms with Gasteiger partial charge >= 0.3 is 6.03 Å². The Balaban J connectivity index is 1.54. The number of hydrogen-bond donors (Lipinski definition) is 2. The van der Waals surface area contributed by atoms with Crippen LogP contribution < -0.4 is 15.5 Å². The summed E-state index contributed by atoms with van der Waals surface area (Å²) in [5.41, 5.74) is 2.32. The van der Waals surface area contributed by atoms with Crippen LogP contribution in [0.15, 0.2) is 48.7 Å². The molecule has 1 fully saturated rings. The van der Waals surface area contributed by atoms with E-state index in [1.54, 1.807) is 35.4 Å². The molecule has 118 valence electrons. The lowest BCUT2D eigenvalue weighted by molar-refractivity contribution is 0.0954. The Hall–Kier alpha value is -2.89. The molecule has 1 saturated heterocycles. The summed E-state index contributed by atoms with van der Waals surface area (Å²) in [6.07, 6.45) is 2.43. The molecule has 6 nitrogen and oxygen atoms in total. The molecule has 0 spiro atoms.